The maximum atomic E-state index is 11.6. The van der Waals surface area contributed by atoms with Crippen molar-refractivity contribution in [3.63, 3.8) is 0 Å². The van der Waals surface area contributed by atoms with Crippen LogP contribution in [0.4, 0.5) is 0 Å². The van der Waals surface area contributed by atoms with Crippen LogP contribution in [0.15, 0.2) is 27.9 Å². The summed E-state index contributed by atoms with van der Waals surface area (Å²) < 4.78 is 15.2. The average Bonchev–Trinajstić information content (AvgIpc) is 2.68. The van der Waals surface area contributed by atoms with E-state index in [0.29, 0.717) is 0 Å². The number of carbonyl (C=O) groups is 2. The van der Waals surface area contributed by atoms with Crippen molar-refractivity contribution in [1.82, 2.24) is 14.9 Å². The van der Waals surface area contributed by atoms with Gasteiger partial charge in [-0.1, -0.05) is 0 Å². The summed E-state index contributed by atoms with van der Waals surface area (Å²) in [5, 5.41) is 0. The lowest BCUT2D eigenvalue weighted by molar-refractivity contribution is -0.140. The van der Waals surface area contributed by atoms with Gasteiger partial charge in [0.05, 0.1) is 26.4 Å². The van der Waals surface area contributed by atoms with Crippen LogP contribution in [0.25, 0.3) is 0 Å². The van der Waals surface area contributed by atoms with Gasteiger partial charge in [-0.2, -0.15) is 0 Å². The van der Waals surface area contributed by atoms with Crippen LogP contribution in [0.1, 0.15) is 18.4 Å². The van der Waals surface area contributed by atoms with Gasteiger partial charge in [0.1, 0.15) is 0 Å². The lowest BCUT2D eigenvalue weighted by Crippen LogP contribution is -2.36. The molecule has 0 amide bonds. The maximum absolute atomic E-state index is 11.6. The summed E-state index contributed by atoms with van der Waals surface area (Å²) >= 11 is 0. The number of aromatic amines is 2. The highest BCUT2D eigenvalue weighted by atomic mass is 16.5. The van der Waals surface area contributed by atoms with Crippen LogP contribution in [0.2, 0.25) is 0 Å². The van der Waals surface area contributed by atoms with Crippen molar-refractivity contribution in [1.29, 1.82) is 0 Å². The van der Waals surface area contributed by atoms with E-state index in [-0.39, 0.29) is 25.2 Å². The number of carbonyl (C=O) groups excluding carboxylic acids is 2. The molecule has 0 atom stereocenters. The SMILES string of the molecule is O=C(/C=C/C(=O)OCCc1c[nH]c(=O)[nH]c1=O)OCCCCN1CCOCC1. The van der Waals surface area contributed by atoms with Gasteiger partial charge in [0.15, 0.2) is 0 Å². The minimum atomic E-state index is -0.717. The first-order valence-electron chi connectivity index (χ1n) is 9.17. The zero-order valence-corrected chi connectivity index (χ0v) is 15.6. The molecule has 0 aromatic carbocycles. The summed E-state index contributed by atoms with van der Waals surface area (Å²) in [6, 6.07) is 0. The van der Waals surface area contributed by atoms with Crippen LogP contribution >= 0.6 is 0 Å². The summed E-state index contributed by atoms with van der Waals surface area (Å²) in [4.78, 5) is 52.2. The van der Waals surface area contributed by atoms with Crippen LogP contribution in [-0.2, 0) is 30.2 Å². The van der Waals surface area contributed by atoms with Crippen molar-refractivity contribution < 1.29 is 23.8 Å². The highest BCUT2D eigenvalue weighted by molar-refractivity contribution is 5.91. The van der Waals surface area contributed by atoms with Crippen LogP contribution in [0.3, 0.4) is 0 Å². The lowest BCUT2D eigenvalue weighted by Gasteiger charge is -2.26. The van der Waals surface area contributed by atoms with Crippen LogP contribution < -0.4 is 11.2 Å². The Bertz CT molecular complexity index is 778. The Morgan fingerprint density at radius 2 is 1.75 bits per heavy atom. The van der Waals surface area contributed by atoms with Crippen molar-refractivity contribution in [2.75, 3.05) is 46.1 Å². The molecular weight excluding hydrogens is 370 g/mol. The van der Waals surface area contributed by atoms with Crippen molar-refractivity contribution in [2.24, 2.45) is 0 Å². The molecular formula is C18H25N3O7. The fraction of sp³-hybridized carbons (Fsp3) is 0.556. The molecule has 0 spiro atoms. The van der Waals surface area contributed by atoms with Gasteiger partial charge in [0, 0.05) is 43.4 Å². The number of hydrogen-bond acceptors (Lipinski definition) is 8. The maximum Gasteiger partial charge on any atom is 0.331 e. The minimum Gasteiger partial charge on any atom is -0.463 e. The number of rotatable bonds is 10. The van der Waals surface area contributed by atoms with E-state index in [4.69, 9.17) is 14.2 Å². The predicted octanol–water partition coefficient (Wildman–Crippen LogP) is -0.639. The Balaban J connectivity index is 1.55. The molecule has 1 fully saturated rings. The predicted molar refractivity (Wildman–Crippen MR) is 98.9 cm³/mol. The molecule has 1 aromatic heterocycles. The highest BCUT2D eigenvalue weighted by Crippen LogP contribution is 2.00. The molecule has 1 aliphatic rings. The number of esters is 2. The van der Waals surface area contributed by atoms with Gasteiger partial charge >= 0.3 is 17.6 Å². The molecule has 1 saturated heterocycles. The van der Waals surface area contributed by atoms with E-state index < -0.39 is 23.2 Å². The quantitative estimate of drug-likeness (QED) is 0.304. The van der Waals surface area contributed by atoms with E-state index in [9.17, 15) is 19.2 Å². The standard InChI is InChI=1S/C18H25N3O7/c22-15(27-9-2-1-6-21-7-11-26-12-8-21)3-4-16(23)28-10-5-14-13-19-18(25)20-17(14)24/h3-4,13H,1-2,5-12H2,(H2,19,20,24,25)/b4-3+. The van der Waals surface area contributed by atoms with Crippen molar-refractivity contribution in [2.45, 2.75) is 19.3 Å². The molecule has 28 heavy (non-hydrogen) atoms. The number of aromatic nitrogens is 2. The van der Waals surface area contributed by atoms with Gasteiger partial charge in [0.2, 0.25) is 0 Å². The summed E-state index contributed by atoms with van der Waals surface area (Å²) in [5.41, 5.74) is -0.853. The molecule has 0 unspecified atom stereocenters. The molecule has 10 nitrogen and oxygen atoms in total. The van der Waals surface area contributed by atoms with E-state index in [1.165, 1.54) is 6.20 Å². The average molecular weight is 395 g/mol. The number of hydrogen-bond donors (Lipinski definition) is 2. The molecule has 0 radical (unpaired) electrons. The Labute approximate surface area is 161 Å². The Morgan fingerprint density at radius 3 is 2.43 bits per heavy atom. The van der Waals surface area contributed by atoms with Crippen molar-refractivity contribution in [3.8, 4) is 0 Å². The van der Waals surface area contributed by atoms with Crippen LogP contribution in [0, 0.1) is 0 Å². The molecule has 1 aromatic rings. The van der Waals surface area contributed by atoms with Gasteiger partial charge < -0.3 is 19.2 Å². The van der Waals surface area contributed by atoms with E-state index >= 15 is 0 Å². The summed E-state index contributed by atoms with van der Waals surface area (Å²) in [6.07, 6.45) is 5.06. The van der Waals surface area contributed by atoms with Gasteiger partial charge in [0.25, 0.3) is 5.56 Å². The first-order valence-corrected chi connectivity index (χ1v) is 9.17. The first kappa shape index (κ1) is 21.6. The van der Waals surface area contributed by atoms with Crippen LogP contribution in [-0.4, -0.2) is 72.9 Å². The van der Waals surface area contributed by atoms with E-state index in [2.05, 4.69) is 14.9 Å². The van der Waals surface area contributed by atoms with Crippen molar-refractivity contribution >= 4 is 11.9 Å². The Kier molecular flexibility index (Phi) is 9.16. The number of H-pyrrole nitrogens is 2. The van der Waals surface area contributed by atoms with E-state index in [1.807, 2.05) is 0 Å². The molecule has 0 aliphatic carbocycles. The Hall–Kier alpha value is -2.72. The molecule has 10 heteroatoms. The Morgan fingerprint density at radius 1 is 1.07 bits per heavy atom. The fourth-order valence-corrected chi connectivity index (χ4v) is 2.55. The number of ether oxygens (including phenoxy) is 3. The second-order valence-corrected chi connectivity index (χ2v) is 6.18. The van der Waals surface area contributed by atoms with Crippen LogP contribution in [0.5, 0.6) is 0 Å². The monoisotopic (exact) mass is 395 g/mol. The number of nitrogens with zero attached hydrogens (tertiary/aromatic N) is 1. The third-order valence-electron chi connectivity index (χ3n) is 4.08. The molecule has 2 rings (SSSR count). The molecule has 1 aliphatic heterocycles. The summed E-state index contributed by atoms with van der Waals surface area (Å²) in [6.45, 7) is 4.56. The van der Waals surface area contributed by atoms with E-state index in [0.717, 1.165) is 57.8 Å². The highest BCUT2D eigenvalue weighted by Gasteiger charge is 2.09. The lowest BCUT2D eigenvalue weighted by atomic mass is 10.2. The van der Waals surface area contributed by atoms with Gasteiger partial charge in [-0.15, -0.1) is 0 Å². The van der Waals surface area contributed by atoms with Crippen molar-refractivity contribution in [3.05, 3.63) is 44.8 Å². The zero-order valence-electron chi connectivity index (χ0n) is 15.6. The summed E-state index contributed by atoms with van der Waals surface area (Å²) in [7, 11) is 0. The minimum absolute atomic E-state index is 0.0606. The summed E-state index contributed by atoms with van der Waals surface area (Å²) in [5.74, 6) is -1.33. The molecule has 0 saturated carbocycles. The zero-order chi connectivity index (χ0) is 20.2. The third kappa shape index (κ3) is 8.31. The van der Waals surface area contributed by atoms with Gasteiger partial charge in [-0.05, 0) is 19.4 Å². The first-order chi connectivity index (χ1) is 13.5. The second kappa shape index (κ2) is 11.9. The number of nitrogens with one attached hydrogen (secondary N) is 2. The topological polar surface area (TPSA) is 131 Å². The number of morpholine rings is 1. The molecule has 2 N–H and O–H groups in total. The van der Waals surface area contributed by atoms with Gasteiger partial charge in [-0.25, -0.2) is 14.4 Å². The second-order valence-electron chi connectivity index (χ2n) is 6.18. The van der Waals surface area contributed by atoms with E-state index in [1.54, 1.807) is 0 Å². The molecule has 2 heterocycles. The largest absolute Gasteiger partial charge is 0.463 e. The molecule has 0 bridgehead atoms. The molecule has 154 valence electrons. The smallest absolute Gasteiger partial charge is 0.331 e. The van der Waals surface area contributed by atoms with Gasteiger partial charge in [-0.3, -0.25) is 14.7 Å². The third-order valence-corrected chi connectivity index (χ3v) is 4.08. The number of unbranched alkanes of at least 4 members (excludes halogenated alkanes) is 1. The normalized spacial score (nSPS) is 14.9. The fourth-order valence-electron chi connectivity index (χ4n) is 2.55.